The number of benzene rings is 1. The Morgan fingerprint density at radius 1 is 1.04 bits per heavy atom. The third-order valence-corrected chi connectivity index (χ3v) is 3.22. The van der Waals surface area contributed by atoms with Crippen LogP contribution in [0.15, 0.2) is 42.0 Å². The molecule has 0 aromatic heterocycles. The van der Waals surface area contributed by atoms with Gasteiger partial charge in [0.1, 0.15) is 0 Å². The van der Waals surface area contributed by atoms with E-state index in [1.54, 1.807) is 32.1 Å². The maximum Gasteiger partial charge on any atom is 0.310 e. The van der Waals surface area contributed by atoms with Gasteiger partial charge < -0.3 is 9.47 Å². The normalized spacial score (nSPS) is 11.0. The zero-order valence-electron chi connectivity index (χ0n) is 13.4. The van der Waals surface area contributed by atoms with Crippen LogP contribution in [-0.2, 0) is 19.1 Å². The lowest BCUT2D eigenvalue weighted by Crippen LogP contribution is -2.09. The van der Waals surface area contributed by atoms with Crippen molar-refractivity contribution in [3.05, 3.63) is 52.6 Å². The molecule has 0 bridgehead atoms. The fraction of sp³-hybridized carbons (Fsp3) is 0.333. The summed E-state index contributed by atoms with van der Waals surface area (Å²) < 4.78 is 9.89. The Morgan fingerprint density at radius 3 is 2.09 bits per heavy atom. The van der Waals surface area contributed by atoms with Crippen LogP contribution in [0.3, 0.4) is 0 Å². The van der Waals surface area contributed by atoms with E-state index in [4.69, 9.17) is 21.1 Å². The highest BCUT2D eigenvalue weighted by Crippen LogP contribution is 2.22. The molecule has 0 fully saturated rings. The smallest absolute Gasteiger partial charge is 0.310 e. The van der Waals surface area contributed by atoms with Crippen LogP contribution in [0.2, 0.25) is 5.02 Å². The maximum atomic E-state index is 11.8. The van der Waals surface area contributed by atoms with E-state index in [9.17, 15) is 9.59 Å². The van der Waals surface area contributed by atoms with E-state index >= 15 is 0 Å². The standard InChI is InChI=1S/C18H21ClO4/c1-4-22-17(20)10-13(3)15(12-18(21)23-5-2)11-14-6-8-16(19)9-7-14/h6-9,11H,3-5,10,12H2,1-2H3/b15-11+. The summed E-state index contributed by atoms with van der Waals surface area (Å²) in [4.78, 5) is 23.4. The van der Waals surface area contributed by atoms with Crippen molar-refractivity contribution < 1.29 is 19.1 Å². The summed E-state index contributed by atoms with van der Waals surface area (Å²) in [5.41, 5.74) is 2.03. The Labute approximate surface area is 141 Å². The van der Waals surface area contributed by atoms with Crippen molar-refractivity contribution in [3.8, 4) is 0 Å². The summed E-state index contributed by atoms with van der Waals surface area (Å²) in [6.07, 6.45) is 1.89. The molecule has 1 aromatic rings. The second-order valence-corrected chi connectivity index (χ2v) is 5.22. The van der Waals surface area contributed by atoms with Crippen molar-refractivity contribution in [2.24, 2.45) is 0 Å². The van der Waals surface area contributed by atoms with Gasteiger partial charge in [0, 0.05) is 5.02 Å². The molecule has 0 amide bonds. The molecule has 0 unspecified atom stereocenters. The Kier molecular flexibility index (Phi) is 8.13. The molecule has 0 atom stereocenters. The molecule has 0 saturated heterocycles. The number of carbonyl (C=O) groups is 2. The fourth-order valence-corrected chi connectivity index (χ4v) is 2.03. The van der Waals surface area contributed by atoms with Crippen molar-refractivity contribution in [1.82, 2.24) is 0 Å². The number of esters is 2. The Hall–Kier alpha value is -2.07. The summed E-state index contributed by atoms with van der Waals surface area (Å²) >= 11 is 5.87. The molecule has 124 valence electrons. The topological polar surface area (TPSA) is 52.6 Å². The van der Waals surface area contributed by atoms with Crippen molar-refractivity contribution in [3.63, 3.8) is 0 Å². The average Bonchev–Trinajstić information content (AvgIpc) is 2.49. The number of halogens is 1. The zero-order chi connectivity index (χ0) is 17.2. The highest BCUT2D eigenvalue weighted by molar-refractivity contribution is 6.30. The van der Waals surface area contributed by atoms with E-state index in [0.717, 1.165) is 5.56 Å². The second kappa shape index (κ2) is 9.85. The largest absolute Gasteiger partial charge is 0.466 e. The van der Waals surface area contributed by atoms with Crippen LogP contribution in [0, 0.1) is 0 Å². The van der Waals surface area contributed by atoms with Crippen LogP contribution < -0.4 is 0 Å². The molecule has 0 aliphatic carbocycles. The molecule has 5 heteroatoms. The predicted molar refractivity (Wildman–Crippen MR) is 91.1 cm³/mol. The fourth-order valence-electron chi connectivity index (χ4n) is 1.91. The van der Waals surface area contributed by atoms with Crippen molar-refractivity contribution in [1.29, 1.82) is 0 Å². The van der Waals surface area contributed by atoms with E-state index < -0.39 is 0 Å². The average molecular weight is 337 g/mol. The first-order valence-corrected chi connectivity index (χ1v) is 7.79. The summed E-state index contributed by atoms with van der Waals surface area (Å²) in [6.45, 7) is 7.99. The minimum atomic E-state index is -0.372. The van der Waals surface area contributed by atoms with Gasteiger partial charge in [0.2, 0.25) is 0 Å². The van der Waals surface area contributed by atoms with Crippen LogP contribution in [0.1, 0.15) is 32.3 Å². The molecule has 4 nitrogen and oxygen atoms in total. The second-order valence-electron chi connectivity index (χ2n) is 4.79. The van der Waals surface area contributed by atoms with Crippen LogP contribution in [0.5, 0.6) is 0 Å². The van der Waals surface area contributed by atoms with Gasteiger partial charge in [-0.3, -0.25) is 9.59 Å². The number of hydrogen-bond acceptors (Lipinski definition) is 4. The Balaban J connectivity index is 2.96. The minimum Gasteiger partial charge on any atom is -0.466 e. The quantitative estimate of drug-likeness (QED) is 0.527. The first-order chi connectivity index (χ1) is 11.0. The van der Waals surface area contributed by atoms with Crippen LogP contribution >= 0.6 is 11.6 Å². The maximum absolute atomic E-state index is 11.8. The monoisotopic (exact) mass is 336 g/mol. The van der Waals surface area contributed by atoms with Gasteiger partial charge in [0.15, 0.2) is 0 Å². The van der Waals surface area contributed by atoms with Gasteiger partial charge in [0.05, 0.1) is 26.1 Å². The molecule has 0 N–H and O–H groups in total. The van der Waals surface area contributed by atoms with E-state index in [1.807, 2.05) is 12.1 Å². The highest BCUT2D eigenvalue weighted by atomic mass is 35.5. The summed E-state index contributed by atoms with van der Waals surface area (Å²) in [5.74, 6) is -0.735. The first kappa shape index (κ1) is 19.0. The van der Waals surface area contributed by atoms with Gasteiger partial charge in [-0.25, -0.2) is 0 Å². The highest BCUT2D eigenvalue weighted by Gasteiger charge is 2.14. The Bertz CT molecular complexity index is 588. The molecule has 0 spiro atoms. The van der Waals surface area contributed by atoms with E-state index in [1.165, 1.54) is 0 Å². The van der Waals surface area contributed by atoms with Gasteiger partial charge in [-0.2, -0.15) is 0 Å². The van der Waals surface area contributed by atoms with Gasteiger partial charge in [-0.05, 0) is 42.7 Å². The van der Waals surface area contributed by atoms with Crippen LogP contribution in [0.4, 0.5) is 0 Å². The lowest BCUT2D eigenvalue weighted by atomic mass is 9.98. The third-order valence-electron chi connectivity index (χ3n) is 2.97. The molecular formula is C18H21ClO4. The lowest BCUT2D eigenvalue weighted by molar-refractivity contribution is -0.143. The van der Waals surface area contributed by atoms with E-state index in [0.29, 0.717) is 29.4 Å². The molecule has 0 aliphatic heterocycles. The SMILES string of the molecule is C=C(CC(=O)OCC)/C(=C/c1ccc(Cl)cc1)CC(=O)OCC. The summed E-state index contributed by atoms with van der Waals surface area (Å²) in [5, 5.41) is 0.624. The molecule has 1 rings (SSSR count). The summed E-state index contributed by atoms with van der Waals surface area (Å²) in [7, 11) is 0. The summed E-state index contributed by atoms with van der Waals surface area (Å²) in [6, 6.07) is 7.16. The van der Waals surface area contributed by atoms with Crippen molar-refractivity contribution >= 4 is 29.6 Å². The molecule has 1 aromatic carbocycles. The van der Waals surface area contributed by atoms with Crippen molar-refractivity contribution in [2.45, 2.75) is 26.7 Å². The number of carbonyl (C=O) groups excluding carboxylic acids is 2. The van der Waals surface area contributed by atoms with Gasteiger partial charge in [-0.15, -0.1) is 0 Å². The van der Waals surface area contributed by atoms with Crippen LogP contribution in [0.25, 0.3) is 6.08 Å². The van der Waals surface area contributed by atoms with E-state index in [2.05, 4.69) is 6.58 Å². The van der Waals surface area contributed by atoms with Crippen molar-refractivity contribution in [2.75, 3.05) is 13.2 Å². The van der Waals surface area contributed by atoms with Gasteiger partial charge >= 0.3 is 11.9 Å². The molecule has 0 aliphatic rings. The minimum absolute atomic E-state index is 0.0344. The molecular weight excluding hydrogens is 316 g/mol. The third kappa shape index (κ3) is 7.15. The molecule has 0 heterocycles. The molecule has 23 heavy (non-hydrogen) atoms. The number of hydrogen-bond donors (Lipinski definition) is 0. The van der Waals surface area contributed by atoms with Gasteiger partial charge in [-0.1, -0.05) is 36.4 Å². The zero-order valence-corrected chi connectivity index (χ0v) is 14.2. The number of rotatable bonds is 8. The Morgan fingerprint density at radius 2 is 1.57 bits per heavy atom. The predicted octanol–water partition coefficient (Wildman–Crippen LogP) is 4.19. The number of ether oxygens (including phenoxy) is 2. The molecule has 0 radical (unpaired) electrons. The first-order valence-electron chi connectivity index (χ1n) is 7.41. The van der Waals surface area contributed by atoms with E-state index in [-0.39, 0.29) is 24.8 Å². The molecule has 0 saturated carbocycles. The van der Waals surface area contributed by atoms with Crippen LogP contribution in [-0.4, -0.2) is 25.2 Å². The lowest BCUT2D eigenvalue weighted by Gasteiger charge is -2.11. The van der Waals surface area contributed by atoms with Gasteiger partial charge in [0.25, 0.3) is 0 Å².